The van der Waals surface area contributed by atoms with Gasteiger partial charge in [0.25, 0.3) is 0 Å². The van der Waals surface area contributed by atoms with E-state index in [0.29, 0.717) is 17.3 Å². The van der Waals surface area contributed by atoms with Crippen LogP contribution in [0.15, 0.2) is 60.7 Å². The zero-order valence-corrected chi connectivity index (χ0v) is 18.2. The maximum atomic E-state index is 4.96. The van der Waals surface area contributed by atoms with E-state index in [1.807, 2.05) is 0 Å². The largest absolute Gasteiger partial charge is 0.314 e. The molecule has 5 aliphatic rings. The summed E-state index contributed by atoms with van der Waals surface area (Å²) in [6.45, 7) is 1.02. The molecule has 3 heteroatoms. The Hall–Kier alpha value is -2.42. The van der Waals surface area contributed by atoms with Crippen LogP contribution in [0, 0.1) is 17.8 Å². The number of benzene rings is 2. The minimum absolute atomic E-state index is 0.306. The Morgan fingerprint density at radius 3 is 1.81 bits per heavy atom. The third-order valence-corrected chi connectivity index (χ3v) is 9.06. The smallest absolute Gasteiger partial charge is 0.139 e. The molecular formula is C28H31N3. The Bertz CT molecular complexity index is 1050. The first-order valence-electron chi connectivity index (χ1n) is 12.3. The van der Waals surface area contributed by atoms with E-state index in [0.717, 1.165) is 30.7 Å². The van der Waals surface area contributed by atoms with Crippen molar-refractivity contribution in [3.8, 4) is 0 Å². The molecule has 1 aromatic heterocycles. The van der Waals surface area contributed by atoms with Gasteiger partial charge in [-0.2, -0.15) is 0 Å². The number of nitrogens with zero attached hydrogens (tertiary/aromatic N) is 3. The highest BCUT2D eigenvalue weighted by Gasteiger charge is 2.54. The molecule has 4 aliphatic carbocycles. The highest BCUT2D eigenvalue weighted by atomic mass is 15.3. The van der Waals surface area contributed by atoms with Gasteiger partial charge in [-0.15, -0.1) is 10.2 Å². The summed E-state index contributed by atoms with van der Waals surface area (Å²) < 4.78 is 2.57. The Balaban J connectivity index is 1.31. The van der Waals surface area contributed by atoms with E-state index in [1.54, 1.807) is 0 Å². The summed E-state index contributed by atoms with van der Waals surface area (Å²) in [5.74, 6) is 6.30. The minimum Gasteiger partial charge on any atom is -0.314 e. The molecule has 2 heterocycles. The summed E-state index contributed by atoms with van der Waals surface area (Å²) in [6.07, 6.45) is 9.48. The van der Waals surface area contributed by atoms with Gasteiger partial charge >= 0.3 is 0 Å². The van der Waals surface area contributed by atoms with E-state index < -0.39 is 0 Å². The second-order valence-corrected chi connectivity index (χ2v) is 11.0. The van der Waals surface area contributed by atoms with Crippen molar-refractivity contribution in [2.45, 2.75) is 68.7 Å². The first-order valence-corrected chi connectivity index (χ1v) is 12.3. The van der Waals surface area contributed by atoms with Crippen molar-refractivity contribution in [3.05, 3.63) is 83.4 Å². The maximum absolute atomic E-state index is 4.96. The van der Waals surface area contributed by atoms with Crippen LogP contribution in [0.1, 0.15) is 73.1 Å². The number of aromatic nitrogens is 3. The fraction of sp³-hybridized carbons (Fsp3) is 0.500. The predicted molar refractivity (Wildman–Crippen MR) is 122 cm³/mol. The highest BCUT2D eigenvalue weighted by molar-refractivity contribution is 5.32. The van der Waals surface area contributed by atoms with Crippen LogP contribution in [0.4, 0.5) is 0 Å². The van der Waals surface area contributed by atoms with E-state index in [4.69, 9.17) is 10.2 Å². The summed E-state index contributed by atoms with van der Waals surface area (Å²) in [5.41, 5.74) is 3.19. The molecule has 4 saturated carbocycles. The van der Waals surface area contributed by atoms with Crippen LogP contribution in [-0.2, 0) is 18.4 Å². The first kappa shape index (κ1) is 18.2. The van der Waals surface area contributed by atoms with Gasteiger partial charge in [0.05, 0.1) is 0 Å². The van der Waals surface area contributed by atoms with Crippen LogP contribution in [0.5, 0.6) is 0 Å². The normalized spacial score (nSPS) is 35.8. The molecule has 2 unspecified atom stereocenters. The quantitative estimate of drug-likeness (QED) is 0.542. The molecule has 1 aliphatic heterocycles. The van der Waals surface area contributed by atoms with E-state index in [1.165, 1.54) is 61.3 Å². The minimum atomic E-state index is 0.306. The van der Waals surface area contributed by atoms with Crippen LogP contribution in [0.2, 0.25) is 0 Å². The van der Waals surface area contributed by atoms with Crippen LogP contribution < -0.4 is 0 Å². The standard InChI is InChI=1S/C28H31N3/c1-3-7-22(8-4-1)24-14-26-29-30-27(31(26)18-25(24)23-9-5-2-6-10-23)28-15-19-11-20(16-28)13-21(12-19)17-28/h1-10,19-21,24-25H,11-18H2. The fourth-order valence-electron chi connectivity index (χ4n) is 8.21. The molecule has 0 N–H and O–H groups in total. The monoisotopic (exact) mass is 409 g/mol. The van der Waals surface area contributed by atoms with E-state index in [9.17, 15) is 0 Å². The van der Waals surface area contributed by atoms with Crippen LogP contribution in [-0.4, -0.2) is 14.8 Å². The lowest BCUT2D eigenvalue weighted by Crippen LogP contribution is -2.50. The maximum Gasteiger partial charge on any atom is 0.139 e. The first-order chi connectivity index (χ1) is 15.3. The van der Waals surface area contributed by atoms with E-state index >= 15 is 0 Å². The van der Waals surface area contributed by atoms with E-state index in [-0.39, 0.29) is 0 Å². The van der Waals surface area contributed by atoms with Gasteiger partial charge in [-0.1, -0.05) is 60.7 Å². The molecule has 31 heavy (non-hydrogen) atoms. The number of fused-ring (bicyclic) bond motifs is 1. The second kappa shape index (κ2) is 6.79. The number of hydrogen-bond acceptors (Lipinski definition) is 2. The molecule has 2 atom stereocenters. The highest BCUT2D eigenvalue weighted by Crippen LogP contribution is 2.60. The predicted octanol–water partition coefficient (Wildman–Crippen LogP) is 5.87. The van der Waals surface area contributed by atoms with Crippen molar-refractivity contribution in [1.82, 2.24) is 14.8 Å². The molecule has 4 bridgehead atoms. The van der Waals surface area contributed by atoms with Crippen molar-refractivity contribution < 1.29 is 0 Å². The molecular weight excluding hydrogens is 378 g/mol. The fourth-order valence-corrected chi connectivity index (χ4v) is 8.21. The van der Waals surface area contributed by atoms with E-state index in [2.05, 4.69) is 65.2 Å². The van der Waals surface area contributed by atoms with Gasteiger partial charge in [0, 0.05) is 24.3 Å². The third-order valence-electron chi connectivity index (χ3n) is 9.06. The van der Waals surface area contributed by atoms with Gasteiger partial charge in [0.1, 0.15) is 11.6 Å². The van der Waals surface area contributed by atoms with Crippen LogP contribution in [0.3, 0.4) is 0 Å². The van der Waals surface area contributed by atoms with Crippen LogP contribution in [0.25, 0.3) is 0 Å². The van der Waals surface area contributed by atoms with Gasteiger partial charge in [-0.05, 0) is 73.3 Å². The molecule has 0 radical (unpaired) electrons. The molecule has 0 amide bonds. The van der Waals surface area contributed by atoms with Gasteiger partial charge in [0.2, 0.25) is 0 Å². The Labute approximate surface area is 184 Å². The lowest BCUT2D eigenvalue weighted by molar-refractivity contribution is -0.0116. The molecule has 0 spiro atoms. The molecule has 4 fully saturated rings. The Morgan fingerprint density at radius 1 is 0.677 bits per heavy atom. The molecule has 158 valence electrons. The topological polar surface area (TPSA) is 30.7 Å². The van der Waals surface area contributed by atoms with Crippen molar-refractivity contribution in [3.63, 3.8) is 0 Å². The molecule has 2 aromatic carbocycles. The second-order valence-electron chi connectivity index (χ2n) is 11.0. The SMILES string of the molecule is c1ccc(C2Cc3nnc(C45CC6CC(CC(C6)C4)C5)n3CC2c2ccccc2)cc1. The summed E-state index contributed by atoms with van der Waals surface area (Å²) in [7, 11) is 0. The van der Waals surface area contributed by atoms with Crippen molar-refractivity contribution in [2.75, 3.05) is 0 Å². The number of hydrogen-bond donors (Lipinski definition) is 0. The van der Waals surface area contributed by atoms with Gasteiger partial charge in [-0.25, -0.2) is 0 Å². The summed E-state index contributed by atoms with van der Waals surface area (Å²) in [6, 6.07) is 22.2. The van der Waals surface area contributed by atoms with Crippen LogP contribution >= 0.6 is 0 Å². The molecule has 0 saturated heterocycles. The summed E-state index contributed by atoms with van der Waals surface area (Å²) in [4.78, 5) is 0. The lowest BCUT2D eigenvalue weighted by atomic mass is 9.49. The molecule has 3 nitrogen and oxygen atoms in total. The van der Waals surface area contributed by atoms with Gasteiger partial charge in [0.15, 0.2) is 0 Å². The number of rotatable bonds is 3. The Morgan fingerprint density at radius 2 is 1.23 bits per heavy atom. The third kappa shape index (κ3) is 2.85. The van der Waals surface area contributed by atoms with Gasteiger partial charge < -0.3 is 4.57 Å². The van der Waals surface area contributed by atoms with Gasteiger partial charge in [-0.3, -0.25) is 0 Å². The summed E-state index contributed by atoms with van der Waals surface area (Å²) in [5, 5.41) is 9.79. The average Bonchev–Trinajstić information content (AvgIpc) is 3.22. The Kier molecular flexibility index (Phi) is 3.98. The summed E-state index contributed by atoms with van der Waals surface area (Å²) >= 11 is 0. The average molecular weight is 410 g/mol. The zero-order valence-electron chi connectivity index (χ0n) is 18.2. The van der Waals surface area contributed by atoms with Crippen molar-refractivity contribution in [1.29, 1.82) is 0 Å². The molecule has 3 aromatic rings. The lowest BCUT2D eigenvalue weighted by Gasteiger charge is -2.56. The zero-order chi connectivity index (χ0) is 20.4. The molecule has 8 rings (SSSR count). The van der Waals surface area contributed by atoms with Crippen molar-refractivity contribution >= 4 is 0 Å². The van der Waals surface area contributed by atoms with Crippen molar-refractivity contribution in [2.24, 2.45) is 17.8 Å².